The van der Waals surface area contributed by atoms with Crippen molar-refractivity contribution >= 4 is 34.9 Å². The van der Waals surface area contributed by atoms with Gasteiger partial charge in [-0.05, 0) is 56.2 Å². The second-order valence-corrected chi connectivity index (χ2v) is 8.55. The van der Waals surface area contributed by atoms with E-state index in [1.54, 1.807) is 18.2 Å². The molecule has 0 bridgehead atoms. The van der Waals surface area contributed by atoms with E-state index in [1.807, 2.05) is 37.3 Å². The first-order valence-electron chi connectivity index (χ1n) is 11.6. The van der Waals surface area contributed by atoms with E-state index in [2.05, 4.69) is 31.2 Å². The molecule has 0 unspecified atom stereocenters. The SMILES string of the molecule is Cc1cc(Nc2ccc(NC(=O)Nc3ccc4c(c3)OCO4)cc2)nc(NC2CCCCC2)n1. The smallest absolute Gasteiger partial charge is 0.323 e. The molecule has 1 saturated carbocycles. The van der Waals surface area contributed by atoms with Gasteiger partial charge in [0.25, 0.3) is 0 Å². The monoisotopic (exact) mass is 460 g/mol. The molecule has 2 amide bonds. The van der Waals surface area contributed by atoms with Crippen LogP contribution in [0.3, 0.4) is 0 Å². The van der Waals surface area contributed by atoms with Crippen molar-refractivity contribution in [3.63, 3.8) is 0 Å². The normalized spacial score (nSPS) is 15.0. The van der Waals surface area contributed by atoms with Crippen LogP contribution in [0.4, 0.5) is 33.6 Å². The van der Waals surface area contributed by atoms with Crippen molar-refractivity contribution < 1.29 is 14.3 Å². The van der Waals surface area contributed by atoms with Gasteiger partial charge in [-0.3, -0.25) is 0 Å². The van der Waals surface area contributed by atoms with Crippen molar-refractivity contribution in [3.8, 4) is 11.5 Å². The molecule has 2 heterocycles. The van der Waals surface area contributed by atoms with Gasteiger partial charge >= 0.3 is 6.03 Å². The number of fused-ring (bicyclic) bond motifs is 1. The van der Waals surface area contributed by atoms with Crippen LogP contribution in [0.1, 0.15) is 37.8 Å². The molecule has 5 rings (SSSR count). The Hall–Kier alpha value is -4.01. The van der Waals surface area contributed by atoms with Gasteiger partial charge in [0.2, 0.25) is 12.7 Å². The molecule has 0 spiro atoms. The summed E-state index contributed by atoms with van der Waals surface area (Å²) in [7, 11) is 0. The Bertz CT molecular complexity index is 1160. The Kier molecular flexibility index (Phi) is 6.33. The number of aromatic nitrogens is 2. The lowest BCUT2D eigenvalue weighted by Gasteiger charge is -2.23. The zero-order valence-corrected chi connectivity index (χ0v) is 19.1. The maximum atomic E-state index is 12.4. The van der Waals surface area contributed by atoms with Crippen LogP contribution in [0.25, 0.3) is 0 Å². The summed E-state index contributed by atoms with van der Waals surface area (Å²) in [5.74, 6) is 2.68. The second-order valence-electron chi connectivity index (χ2n) is 8.55. The average Bonchev–Trinajstić information content (AvgIpc) is 3.29. The van der Waals surface area contributed by atoms with Gasteiger partial charge in [-0.1, -0.05) is 19.3 Å². The maximum absolute atomic E-state index is 12.4. The Morgan fingerprint density at radius 2 is 1.56 bits per heavy atom. The van der Waals surface area contributed by atoms with Crippen molar-refractivity contribution in [1.29, 1.82) is 0 Å². The average molecular weight is 461 g/mol. The predicted molar refractivity (Wildman–Crippen MR) is 132 cm³/mol. The molecule has 4 N–H and O–H groups in total. The van der Waals surface area contributed by atoms with E-state index in [9.17, 15) is 4.79 Å². The van der Waals surface area contributed by atoms with E-state index in [1.165, 1.54) is 19.3 Å². The number of anilines is 5. The Morgan fingerprint density at radius 1 is 0.853 bits per heavy atom. The third kappa shape index (κ3) is 5.48. The van der Waals surface area contributed by atoms with E-state index in [0.29, 0.717) is 34.9 Å². The van der Waals surface area contributed by atoms with Crippen LogP contribution in [0.5, 0.6) is 11.5 Å². The Morgan fingerprint density at radius 3 is 2.38 bits per heavy atom. The summed E-state index contributed by atoms with van der Waals surface area (Å²) >= 11 is 0. The third-order valence-electron chi connectivity index (χ3n) is 5.84. The van der Waals surface area contributed by atoms with Gasteiger partial charge in [0.05, 0.1) is 0 Å². The third-order valence-corrected chi connectivity index (χ3v) is 5.84. The van der Waals surface area contributed by atoms with E-state index in [0.717, 1.165) is 30.0 Å². The van der Waals surface area contributed by atoms with Crippen LogP contribution in [-0.2, 0) is 0 Å². The van der Waals surface area contributed by atoms with Gasteiger partial charge in [-0.2, -0.15) is 4.98 Å². The van der Waals surface area contributed by atoms with E-state index in [4.69, 9.17) is 9.47 Å². The highest BCUT2D eigenvalue weighted by molar-refractivity contribution is 6.00. The standard InChI is InChI=1S/C25H28N6O3/c1-16-13-23(31-24(26-16)28-17-5-3-2-4-6-17)27-18-7-9-19(10-8-18)29-25(32)30-20-11-12-21-22(14-20)34-15-33-21/h7-14,17H,2-6,15H2,1H3,(H2,29,30,32)(H2,26,27,28,31). The molecular weight excluding hydrogens is 432 g/mol. The summed E-state index contributed by atoms with van der Waals surface area (Å²) in [5.41, 5.74) is 3.05. The highest BCUT2D eigenvalue weighted by Gasteiger charge is 2.15. The summed E-state index contributed by atoms with van der Waals surface area (Å²) in [5, 5.41) is 12.4. The highest BCUT2D eigenvalue weighted by atomic mass is 16.7. The van der Waals surface area contributed by atoms with Gasteiger partial charge in [0.1, 0.15) is 5.82 Å². The van der Waals surface area contributed by atoms with Crippen molar-refractivity contribution in [2.75, 3.05) is 28.1 Å². The van der Waals surface area contributed by atoms with Crippen LogP contribution in [0.15, 0.2) is 48.5 Å². The molecule has 0 radical (unpaired) electrons. The quantitative estimate of drug-likeness (QED) is 0.376. The lowest BCUT2D eigenvalue weighted by atomic mass is 9.96. The largest absolute Gasteiger partial charge is 0.454 e. The zero-order chi connectivity index (χ0) is 23.3. The molecule has 9 nitrogen and oxygen atoms in total. The second kappa shape index (κ2) is 9.86. The van der Waals surface area contributed by atoms with E-state index >= 15 is 0 Å². The molecule has 3 aromatic rings. The summed E-state index contributed by atoms with van der Waals surface area (Å²) in [6.07, 6.45) is 6.14. The number of nitrogens with one attached hydrogen (secondary N) is 4. The van der Waals surface area contributed by atoms with E-state index in [-0.39, 0.29) is 12.8 Å². The topological polar surface area (TPSA) is 109 Å². The molecule has 1 aliphatic carbocycles. The fourth-order valence-corrected chi connectivity index (χ4v) is 4.18. The number of benzene rings is 2. The minimum Gasteiger partial charge on any atom is -0.454 e. The van der Waals surface area contributed by atoms with Crippen LogP contribution in [-0.4, -0.2) is 28.8 Å². The summed E-state index contributed by atoms with van der Waals surface area (Å²) in [6.45, 7) is 2.16. The van der Waals surface area contributed by atoms with Crippen LogP contribution in [0, 0.1) is 6.92 Å². The Labute approximate surface area is 198 Å². The lowest BCUT2D eigenvalue weighted by molar-refractivity contribution is 0.174. The van der Waals surface area contributed by atoms with Crippen molar-refractivity contribution in [2.45, 2.75) is 45.1 Å². The minimum absolute atomic E-state index is 0.193. The highest BCUT2D eigenvalue weighted by Crippen LogP contribution is 2.34. The van der Waals surface area contributed by atoms with Crippen molar-refractivity contribution in [1.82, 2.24) is 9.97 Å². The zero-order valence-electron chi connectivity index (χ0n) is 19.1. The predicted octanol–water partition coefficient (Wildman–Crippen LogP) is 5.65. The molecule has 9 heteroatoms. The van der Waals surface area contributed by atoms with Crippen LogP contribution < -0.4 is 30.7 Å². The van der Waals surface area contributed by atoms with Crippen molar-refractivity contribution in [3.05, 3.63) is 54.2 Å². The first kappa shape index (κ1) is 21.8. The van der Waals surface area contributed by atoms with Crippen LogP contribution in [0.2, 0.25) is 0 Å². The first-order valence-corrected chi connectivity index (χ1v) is 11.6. The summed E-state index contributed by atoms with van der Waals surface area (Å²) < 4.78 is 10.6. The van der Waals surface area contributed by atoms with Crippen molar-refractivity contribution in [2.24, 2.45) is 0 Å². The number of nitrogens with zero attached hydrogens (tertiary/aromatic N) is 2. The Balaban J connectivity index is 1.17. The fourth-order valence-electron chi connectivity index (χ4n) is 4.18. The van der Waals surface area contributed by atoms with Gasteiger partial charge < -0.3 is 30.7 Å². The van der Waals surface area contributed by atoms with E-state index < -0.39 is 0 Å². The molecule has 0 atom stereocenters. The number of carbonyl (C=O) groups is 1. The molecule has 1 aliphatic heterocycles. The summed E-state index contributed by atoms with van der Waals surface area (Å²) in [6, 6.07) is 14.7. The van der Waals surface area contributed by atoms with Gasteiger partial charge in [0.15, 0.2) is 11.5 Å². The number of amides is 2. The number of urea groups is 1. The first-order chi connectivity index (χ1) is 16.6. The maximum Gasteiger partial charge on any atom is 0.323 e. The molecule has 1 aromatic heterocycles. The van der Waals surface area contributed by atoms with Gasteiger partial charge in [-0.25, -0.2) is 9.78 Å². The molecule has 2 aromatic carbocycles. The fraction of sp³-hybridized carbons (Fsp3) is 0.320. The number of hydrogen-bond acceptors (Lipinski definition) is 7. The number of rotatable bonds is 6. The minimum atomic E-state index is -0.343. The molecule has 34 heavy (non-hydrogen) atoms. The molecule has 2 aliphatic rings. The number of carbonyl (C=O) groups excluding carboxylic acids is 1. The van der Waals surface area contributed by atoms with Gasteiger partial charge in [0, 0.05) is 40.9 Å². The molecule has 0 saturated heterocycles. The molecule has 1 fully saturated rings. The number of aryl methyl sites for hydroxylation is 1. The molecule has 176 valence electrons. The molecular formula is C25H28N6O3. The number of hydrogen-bond donors (Lipinski definition) is 4. The number of ether oxygens (including phenoxy) is 2. The van der Waals surface area contributed by atoms with Gasteiger partial charge in [-0.15, -0.1) is 0 Å². The lowest BCUT2D eigenvalue weighted by Crippen LogP contribution is -2.23. The van der Waals surface area contributed by atoms with Crippen LogP contribution >= 0.6 is 0 Å². The summed E-state index contributed by atoms with van der Waals surface area (Å²) in [4.78, 5) is 21.5.